The van der Waals surface area contributed by atoms with Crippen LogP contribution >= 0.6 is 0 Å². The zero-order chi connectivity index (χ0) is 14.2. The minimum absolute atomic E-state index is 0.327. The second kappa shape index (κ2) is 8.63. The number of hydrogen-bond acceptors (Lipinski definition) is 3. The zero-order valence-electron chi connectivity index (χ0n) is 12.9. The summed E-state index contributed by atoms with van der Waals surface area (Å²) in [5.74, 6) is 0.327. The summed E-state index contributed by atoms with van der Waals surface area (Å²) in [5, 5.41) is 3.56. The normalized spacial score (nSPS) is 24.9. The van der Waals surface area contributed by atoms with Crippen LogP contribution in [0.25, 0.3) is 0 Å². The number of nitrogens with one attached hydrogen (secondary N) is 1. The maximum Gasteiger partial charge on any atom is 0.222 e. The van der Waals surface area contributed by atoms with Crippen LogP contribution in [0.5, 0.6) is 0 Å². The van der Waals surface area contributed by atoms with Gasteiger partial charge in [0.25, 0.3) is 0 Å². The molecule has 20 heavy (non-hydrogen) atoms. The summed E-state index contributed by atoms with van der Waals surface area (Å²) in [6.07, 6.45) is 8.87. The molecule has 2 heterocycles. The van der Waals surface area contributed by atoms with Crippen LogP contribution in [0.1, 0.15) is 58.3 Å². The molecule has 2 aliphatic rings. The molecule has 116 valence electrons. The second-order valence-electron chi connectivity index (χ2n) is 6.14. The topological polar surface area (TPSA) is 41.6 Å². The fourth-order valence-corrected chi connectivity index (χ4v) is 3.16. The fraction of sp³-hybridized carbons (Fsp3) is 0.938. The van der Waals surface area contributed by atoms with E-state index in [-0.39, 0.29) is 0 Å². The molecule has 0 saturated carbocycles. The standard InChI is InChI=1S/C16H30N2O2/c1-2-10-17-14-8-11-18(12-9-14)16(19)7-6-15-5-3-4-13-20-15/h14-15,17H,2-13H2,1H3. The van der Waals surface area contributed by atoms with Crippen LogP contribution in [0.4, 0.5) is 0 Å². The Morgan fingerprint density at radius 1 is 1.25 bits per heavy atom. The Morgan fingerprint density at radius 2 is 2.05 bits per heavy atom. The molecule has 2 rings (SSSR count). The zero-order valence-corrected chi connectivity index (χ0v) is 12.9. The number of carbonyl (C=O) groups excluding carboxylic acids is 1. The Labute approximate surface area is 123 Å². The molecule has 0 radical (unpaired) electrons. The molecule has 2 aliphatic heterocycles. The molecule has 0 aromatic heterocycles. The van der Waals surface area contributed by atoms with E-state index in [0.717, 1.165) is 51.9 Å². The lowest BCUT2D eigenvalue weighted by molar-refractivity contribution is -0.133. The summed E-state index contributed by atoms with van der Waals surface area (Å²) < 4.78 is 5.70. The van der Waals surface area contributed by atoms with E-state index in [1.807, 2.05) is 4.90 Å². The number of carbonyl (C=O) groups is 1. The van der Waals surface area contributed by atoms with Gasteiger partial charge >= 0.3 is 0 Å². The highest BCUT2D eigenvalue weighted by Crippen LogP contribution is 2.18. The summed E-state index contributed by atoms with van der Waals surface area (Å²) >= 11 is 0. The van der Waals surface area contributed by atoms with Crippen LogP contribution < -0.4 is 5.32 Å². The number of ether oxygens (including phenoxy) is 1. The third kappa shape index (κ3) is 5.06. The SMILES string of the molecule is CCCNC1CCN(C(=O)CCC2CCCCO2)CC1. The van der Waals surface area contributed by atoms with Crippen molar-refractivity contribution >= 4 is 5.91 Å². The van der Waals surface area contributed by atoms with Crippen molar-refractivity contribution in [1.29, 1.82) is 0 Å². The first-order valence-electron chi connectivity index (χ1n) is 8.42. The van der Waals surface area contributed by atoms with Crippen molar-refractivity contribution in [2.75, 3.05) is 26.2 Å². The number of likely N-dealkylation sites (tertiary alicyclic amines) is 1. The van der Waals surface area contributed by atoms with Gasteiger partial charge in [0.1, 0.15) is 0 Å². The van der Waals surface area contributed by atoms with Crippen molar-refractivity contribution in [3.63, 3.8) is 0 Å². The molecular weight excluding hydrogens is 252 g/mol. The Morgan fingerprint density at radius 3 is 2.70 bits per heavy atom. The largest absolute Gasteiger partial charge is 0.378 e. The minimum Gasteiger partial charge on any atom is -0.378 e. The summed E-state index contributed by atoms with van der Waals surface area (Å²) in [6, 6.07) is 0.612. The number of rotatable bonds is 6. The van der Waals surface area contributed by atoms with Crippen LogP contribution in [-0.4, -0.2) is 49.2 Å². The molecule has 2 saturated heterocycles. The third-order valence-electron chi connectivity index (χ3n) is 4.48. The van der Waals surface area contributed by atoms with Crippen molar-refractivity contribution in [1.82, 2.24) is 10.2 Å². The molecule has 2 fully saturated rings. The van der Waals surface area contributed by atoms with Gasteiger partial charge in [0.05, 0.1) is 6.10 Å². The van der Waals surface area contributed by atoms with Gasteiger partial charge in [-0.2, -0.15) is 0 Å². The maximum absolute atomic E-state index is 12.2. The van der Waals surface area contributed by atoms with Gasteiger partial charge in [-0.05, 0) is 51.5 Å². The molecule has 0 bridgehead atoms. The molecule has 1 N–H and O–H groups in total. The van der Waals surface area contributed by atoms with Gasteiger partial charge in [-0.15, -0.1) is 0 Å². The average molecular weight is 282 g/mol. The van der Waals surface area contributed by atoms with E-state index in [1.165, 1.54) is 19.3 Å². The first-order valence-corrected chi connectivity index (χ1v) is 8.42. The van der Waals surface area contributed by atoms with Crippen molar-refractivity contribution in [3.8, 4) is 0 Å². The van der Waals surface area contributed by atoms with Gasteiger partial charge in [-0.1, -0.05) is 6.92 Å². The van der Waals surface area contributed by atoms with E-state index >= 15 is 0 Å². The molecule has 1 atom stereocenters. The van der Waals surface area contributed by atoms with Crippen LogP contribution in [0.3, 0.4) is 0 Å². The molecule has 0 aromatic carbocycles. The van der Waals surface area contributed by atoms with E-state index < -0.39 is 0 Å². The summed E-state index contributed by atoms with van der Waals surface area (Å²) in [6.45, 7) is 6.02. The first-order chi connectivity index (χ1) is 9.79. The number of nitrogens with zero attached hydrogens (tertiary/aromatic N) is 1. The van der Waals surface area contributed by atoms with E-state index in [2.05, 4.69) is 12.2 Å². The van der Waals surface area contributed by atoms with Crippen LogP contribution in [-0.2, 0) is 9.53 Å². The van der Waals surface area contributed by atoms with Crippen LogP contribution in [0, 0.1) is 0 Å². The van der Waals surface area contributed by atoms with Crippen LogP contribution in [0.15, 0.2) is 0 Å². The lowest BCUT2D eigenvalue weighted by atomic mass is 10.0. The van der Waals surface area contributed by atoms with Gasteiger partial charge < -0.3 is 15.0 Å². The van der Waals surface area contributed by atoms with E-state index in [0.29, 0.717) is 24.5 Å². The smallest absolute Gasteiger partial charge is 0.222 e. The van der Waals surface area contributed by atoms with Crippen molar-refractivity contribution in [2.24, 2.45) is 0 Å². The predicted octanol–water partition coefficient (Wildman–Crippen LogP) is 2.33. The maximum atomic E-state index is 12.2. The molecule has 0 aliphatic carbocycles. The lowest BCUT2D eigenvalue weighted by Gasteiger charge is -2.33. The highest BCUT2D eigenvalue weighted by atomic mass is 16.5. The van der Waals surface area contributed by atoms with Crippen molar-refractivity contribution in [3.05, 3.63) is 0 Å². The Hall–Kier alpha value is -0.610. The van der Waals surface area contributed by atoms with E-state index in [1.54, 1.807) is 0 Å². The van der Waals surface area contributed by atoms with Crippen molar-refractivity contribution in [2.45, 2.75) is 70.4 Å². The molecule has 1 unspecified atom stereocenters. The molecule has 4 heteroatoms. The van der Waals surface area contributed by atoms with E-state index in [9.17, 15) is 4.79 Å². The molecule has 0 aromatic rings. The van der Waals surface area contributed by atoms with Gasteiger partial charge in [0.15, 0.2) is 0 Å². The third-order valence-corrected chi connectivity index (χ3v) is 4.48. The fourth-order valence-electron chi connectivity index (χ4n) is 3.16. The van der Waals surface area contributed by atoms with Gasteiger partial charge in [0.2, 0.25) is 5.91 Å². The van der Waals surface area contributed by atoms with Crippen LogP contribution in [0.2, 0.25) is 0 Å². The Balaban J connectivity index is 1.61. The summed E-state index contributed by atoms with van der Waals surface area (Å²) in [4.78, 5) is 14.3. The number of hydrogen-bond donors (Lipinski definition) is 1. The first kappa shape index (κ1) is 15.8. The molecular formula is C16H30N2O2. The van der Waals surface area contributed by atoms with Gasteiger partial charge in [-0.3, -0.25) is 4.79 Å². The molecule has 1 amide bonds. The van der Waals surface area contributed by atoms with E-state index in [4.69, 9.17) is 4.74 Å². The Kier molecular flexibility index (Phi) is 6.80. The Bertz CT molecular complexity index is 282. The monoisotopic (exact) mass is 282 g/mol. The highest BCUT2D eigenvalue weighted by Gasteiger charge is 2.23. The second-order valence-corrected chi connectivity index (χ2v) is 6.14. The minimum atomic E-state index is 0.327. The predicted molar refractivity (Wildman–Crippen MR) is 80.7 cm³/mol. The quantitative estimate of drug-likeness (QED) is 0.813. The number of amides is 1. The van der Waals surface area contributed by atoms with Crippen molar-refractivity contribution < 1.29 is 9.53 Å². The molecule has 0 spiro atoms. The number of piperidine rings is 1. The highest BCUT2D eigenvalue weighted by molar-refractivity contribution is 5.76. The average Bonchev–Trinajstić information content (AvgIpc) is 2.52. The lowest BCUT2D eigenvalue weighted by Crippen LogP contribution is -2.45. The summed E-state index contributed by atoms with van der Waals surface area (Å²) in [5.41, 5.74) is 0. The summed E-state index contributed by atoms with van der Waals surface area (Å²) in [7, 11) is 0. The van der Waals surface area contributed by atoms with Gasteiger partial charge in [0, 0.05) is 32.2 Å². The van der Waals surface area contributed by atoms with Gasteiger partial charge in [-0.25, -0.2) is 0 Å². The molecule has 4 nitrogen and oxygen atoms in total.